The summed E-state index contributed by atoms with van der Waals surface area (Å²) in [5.74, 6) is 0.461. The molecule has 2 unspecified atom stereocenters. The van der Waals surface area contributed by atoms with E-state index in [4.69, 9.17) is 33.4 Å². The van der Waals surface area contributed by atoms with Crippen LogP contribution in [0, 0.1) is 0 Å². The molecule has 37 heavy (non-hydrogen) atoms. The highest BCUT2D eigenvalue weighted by Crippen LogP contribution is 2.30. The summed E-state index contributed by atoms with van der Waals surface area (Å²) in [6.45, 7) is 2.38. The van der Waals surface area contributed by atoms with Gasteiger partial charge in [-0.05, 0) is 66.4 Å². The Bertz CT molecular complexity index is 1370. The summed E-state index contributed by atoms with van der Waals surface area (Å²) in [6.07, 6.45) is 0. The lowest BCUT2D eigenvalue weighted by atomic mass is 9.91. The van der Waals surface area contributed by atoms with Crippen molar-refractivity contribution in [2.75, 3.05) is 13.1 Å². The molecule has 0 spiro atoms. The van der Waals surface area contributed by atoms with Crippen molar-refractivity contribution < 1.29 is 8.42 Å². The first-order valence-corrected chi connectivity index (χ1v) is 14.5. The number of nitrogens with one attached hydrogen (secondary N) is 2. The van der Waals surface area contributed by atoms with E-state index in [9.17, 15) is 8.42 Å². The predicted molar refractivity (Wildman–Crippen MR) is 152 cm³/mol. The maximum atomic E-state index is 11.5. The Morgan fingerprint density at radius 1 is 1.08 bits per heavy atom. The van der Waals surface area contributed by atoms with Crippen LogP contribution in [-0.4, -0.2) is 44.2 Å². The number of hydrazone groups is 1. The minimum absolute atomic E-state index is 0.0186. The van der Waals surface area contributed by atoms with E-state index < -0.39 is 16.3 Å². The van der Waals surface area contributed by atoms with Gasteiger partial charge in [0.25, 0.3) is 10.2 Å². The molecule has 0 amide bonds. The number of benzene rings is 3. The maximum Gasteiger partial charge on any atom is 0.274 e. The van der Waals surface area contributed by atoms with Crippen molar-refractivity contribution in [1.29, 1.82) is 0 Å². The molecule has 0 aromatic heterocycles. The highest BCUT2D eigenvalue weighted by molar-refractivity contribution is 7.98. The van der Waals surface area contributed by atoms with Crippen LogP contribution in [0.25, 0.3) is 0 Å². The molecule has 1 aliphatic rings. The van der Waals surface area contributed by atoms with Gasteiger partial charge in [-0.25, -0.2) is 15.1 Å². The van der Waals surface area contributed by atoms with Gasteiger partial charge in [0.15, 0.2) is 0 Å². The molecular weight excluding hydrogens is 551 g/mol. The van der Waals surface area contributed by atoms with Crippen molar-refractivity contribution in [2.45, 2.75) is 23.8 Å². The summed E-state index contributed by atoms with van der Waals surface area (Å²) in [5.41, 5.74) is 2.95. The third-order valence-corrected chi connectivity index (χ3v) is 7.48. The van der Waals surface area contributed by atoms with Gasteiger partial charge in [0.05, 0.1) is 18.8 Å². The molecule has 4 rings (SSSR count). The van der Waals surface area contributed by atoms with Gasteiger partial charge in [-0.1, -0.05) is 65.7 Å². The molecule has 0 saturated heterocycles. The van der Waals surface area contributed by atoms with Crippen molar-refractivity contribution in [3.8, 4) is 0 Å². The molecule has 12 heteroatoms. The lowest BCUT2D eigenvalue weighted by molar-refractivity contribution is 0.462. The smallest absolute Gasteiger partial charge is 0.274 e. The molecule has 0 fully saturated rings. The number of aliphatic imine (C=N–C) groups is 1. The van der Waals surface area contributed by atoms with Crippen molar-refractivity contribution in [3.05, 3.63) is 100 Å². The van der Waals surface area contributed by atoms with Crippen molar-refractivity contribution in [2.24, 2.45) is 15.2 Å². The first-order chi connectivity index (χ1) is 17.7. The van der Waals surface area contributed by atoms with Gasteiger partial charge in [0.2, 0.25) is 5.96 Å². The topological polar surface area (TPSA) is 112 Å². The summed E-state index contributed by atoms with van der Waals surface area (Å²) in [4.78, 5) is 5.59. The third-order valence-electron chi connectivity index (χ3n) is 5.45. The molecule has 8 nitrogen and oxygen atoms in total. The first-order valence-electron chi connectivity index (χ1n) is 11.4. The summed E-state index contributed by atoms with van der Waals surface area (Å²) in [5, 5.41) is 13.2. The van der Waals surface area contributed by atoms with Crippen molar-refractivity contribution >= 4 is 57.0 Å². The standard InChI is InChI=1S/C25H26Cl2N6O2S2/c1-17(32-37(28,34)35)15-29-25(31-36-22-13-11-21(27)12-14-22)33-16-23(18-5-3-2-4-6-18)24(30-33)19-7-9-20(26)10-8-19/h2-14,17,23,32H,15-16H2,1H3,(H,29,31)(H2,28,34,35). The van der Waals surface area contributed by atoms with Crippen LogP contribution in [0.4, 0.5) is 0 Å². The van der Waals surface area contributed by atoms with Crippen LogP contribution in [0.5, 0.6) is 0 Å². The van der Waals surface area contributed by atoms with Crippen LogP contribution in [0.2, 0.25) is 10.0 Å². The fraction of sp³-hybridized carbons (Fsp3) is 0.200. The average molecular weight is 578 g/mol. The monoisotopic (exact) mass is 576 g/mol. The molecule has 0 saturated carbocycles. The lowest BCUT2D eigenvalue weighted by Crippen LogP contribution is -2.40. The second-order valence-electron chi connectivity index (χ2n) is 8.42. The van der Waals surface area contributed by atoms with Gasteiger partial charge in [0, 0.05) is 26.9 Å². The van der Waals surface area contributed by atoms with E-state index in [1.807, 2.05) is 54.6 Å². The van der Waals surface area contributed by atoms with Gasteiger partial charge in [0.1, 0.15) is 0 Å². The first kappa shape index (κ1) is 27.4. The fourth-order valence-electron chi connectivity index (χ4n) is 3.78. The summed E-state index contributed by atoms with van der Waals surface area (Å²) < 4.78 is 28.5. The van der Waals surface area contributed by atoms with Crippen LogP contribution in [0.15, 0.2) is 93.9 Å². The van der Waals surface area contributed by atoms with E-state index >= 15 is 0 Å². The largest absolute Gasteiger partial charge is 0.295 e. The van der Waals surface area contributed by atoms with Crippen LogP contribution >= 0.6 is 35.1 Å². The Labute approximate surface area is 231 Å². The molecule has 4 N–H and O–H groups in total. The van der Waals surface area contributed by atoms with E-state index in [0.29, 0.717) is 22.5 Å². The average Bonchev–Trinajstić information content (AvgIpc) is 3.30. The molecular formula is C25H26Cl2N6O2S2. The van der Waals surface area contributed by atoms with Gasteiger partial charge in [-0.15, -0.1) is 0 Å². The number of nitrogens with two attached hydrogens (primary N) is 1. The van der Waals surface area contributed by atoms with Gasteiger partial charge in [-0.3, -0.25) is 4.72 Å². The third kappa shape index (κ3) is 7.94. The van der Waals surface area contributed by atoms with E-state index in [1.165, 1.54) is 11.9 Å². The normalized spacial score (nSPS) is 17.0. The maximum absolute atomic E-state index is 11.5. The lowest BCUT2D eigenvalue weighted by Gasteiger charge is -2.20. The van der Waals surface area contributed by atoms with Crippen molar-refractivity contribution in [1.82, 2.24) is 14.5 Å². The zero-order chi connectivity index (χ0) is 26.4. The molecule has 0 aliphatic carbocycles. The molecule has 2 atom stereocenters. The minimum atomic E-state index is -3.85. The highest BCUT2D eigenvalue weighted by Gasteiger charge is 2.31. The Morgan fingerprint density at radius 2 is 1.70 bits per heavy atom. The van der Waals surface area contributed by atoms with Crippen LogP contribution < -0.4 is 14.6 Å². The number of hydrogen-bond acceptors (Lipinski definition) is 5. The van der Waals surface area contributed by atoms with Crippen molar-refractivity contribution in [3.63, 3.8) is 0 Å². The number of halogens is 2. The summed E-state index contributed by atoms with van der Waals surface area (Å²) in [6, 6.07) is 24.6. The summed E-state index contributed by atoms with van der Waals surface area (Å²) in [7, 11) is -3.85. The Hall–Kier alpha value is -2.60. The number of nitrogens with zero attached hydrogens (tertiary/aromatic N) is 3. The van der Waals surface area contributed by atoms with E-state index in [2.05, 4.69) is 26.6 Å². The van der Waals surface area contributed by atoms with Crippen LogP contribution in [-0.2, 0) is 10.2 Å². The van der Waals surface area contributed by atoms with Gasteiger partial charge < -0.3 is 0 Å². The molecule has 3 aromatic rings. The molecule has 194 valence electrons. The van der Waals surface area contributed by atoms with Gasteiger partial charge >= 0.3 is 0 Å². The SMILES string of the molecule is CC(CN=C(NSc1ccc(Cl)cc1)N1CC(c2ccccc2)C(c2ccc(Cl)cc2)=N1)NS(N)(=O)=O. The number of rotatable bonds is 8. The second kappa shape index (κ2) is 12.3. The number of guanidine groups is 1. The predicted octanol–water partition coefficient (Wildman–Crippen LogP) is 4.63. The molecule has 0 radical (unpaired) electrons. The van der Waals surface area contributed by atoms with E-state index in [1.54, 1.807) is 24.1 Å². The minimum Gasteiger partial charge on any atom is -0.295 e. The Balaban J connectivity index is 1.65. The quantitative estimate of drug-likeness (QED) is 0.205. The molecule has 1 aliphatic heterocycles. The van der Waals surface area contributed by atoms with Gasteiger partial charge in [-0.2, -0.15) is 18.2 Å². The zero-order valence-corrected chi connectivity index (χ0v) is 23.0. The zero-order valence-electron chi connectivity index (χ0n) is 19.9. The molecule has 0 bridgehead atoms. The number of hydrogen-bond donors (Lipinski definition) is 3. The van der Waals surface area contributed by atoms with Crippen LogP contribution in [0.3, 0.4) is 0 Å². The molecule has 1 heterocycles. The second-order valence-corrected chi connectivity index (χ2v) is 11.5. The van der Waals surface area contributed by atoms with E-state index in [-0.39, 0.29) is 12.5 Å². The fourth-order valence-corrected chi connectivity index (χ4v) is 5.32. The Kier molecular flexibility index (Phi) is 9.12. The van der Waals surface area contributed by atoms with Crippen LogP contribution in [0.1, 0.15) is 24.0 Å². The summed E-state index contributed by atoms with van der Waals surface area (Å²) >= 11 is 13.5. The van der Waals surface area contributed by atoms with E-state index in [0.717, 1.165) is 21.7 Å². The Morgan fingerprint density at radius 3 is 2.32 bits per heavy atom. The molecule has 3 aromatic carbocycles. The highest BCUT2D eigenvalue weighted by atomic mass is 35.5.